The van der Waals surface area contributed by atoms with Crippen LogP contribution in [0, 0.1) is 0 Å². The Morgan fingerprint density at radius 3 is 2.19 bits per heavy atom. The van der Waals surface area contributed by atoms with Gasteiger partial charge in [-0.1, -0.05) is 30.3 Å². The number of ether oxygens (including phenoxy) is 2. The van der Waals surface area contributed by atoms with E-state index in [9.17, 15) is 36.3 Å². The van der Waals surface area contributed by atoms with Gasteiger partial charge < -0.3 is 19.9 Å². The molecule has 47 heavy (non-hydrogen) atoms. The molecular formula is C33H30F3N3O7S. The number of anilines is 1. The number of para-hydroxylation sites is 1. The van der Waals surface area contributed by atoms with Gasteiger partial charge in [0.15, 0.2) is 0 Å². The molecule has 14 heteroatoms. The van der Waals surface area contributed by atoms with Gasteiger partial charge in [-0.2, -0.15) is 13.2 Å². The van der Waals surface area contributed by atoms with Gasteiger partial charge in [0, 0.05) is 18.3 Å². The van der Waals surface area contributed by atoms with Crippen molar-refractivity contribution in [2.24, 2.45) is 0 Å². The number of carbonyl (C=O) groups is 2. The number of pyridine rings is 1. The van der Waals surface area contributed by atoms with E-state index in [1.807, 2.05) is 0 Å². The molecule has 4 aromatic rings. The molecule has 1 aliphatic rings. The van der Waals surface area contributed by atoms with Crippen LogP contribution in [0.2, 0.25) is 0 Å². The zero-order valence-corrected chi connectivity index (χ0v) is 25.6. The van der Waals surface area contributed by atoms with Gasteiger partial charge in [0.05, 0.1) is 34.2 Å². The molecule has 0 aliphatic heterocycles. The molecule has 1 saturated carbocycles. The quantitative estimate of drug-likeness (QED) is 0.166. The number of carbonyl (C=O) groups excluding carboxylic acids is 1. The Kier molecular flexibility index (Phi) is 10.1. The molecule has 0 radical (unpaired) electrons. The lowest BCUT2D eigenvalue weighted by Crippen LogP contribution is -2.40. The molecule has 1 aromatic heterocycles. The minimum atomic E-state index is -4.79. The molecule has 246 valence electrons. The molecule has 10 nitrogen and oxygen atoms in total. The molecule has 1 amide bonds. The Morgan fingerprint density at radius 1 is 0.872 bits per heavy atom. The third-order valence-corrected chi connectivity index (χ3v) is 9.00. The summed E-state index contributed by atoms with van der Waals surface area (Å²) < 4.78 is 79.8. The third-order valence-electron chi connectivity index (χ3n) is 7.42. The van der Waals surface area contributed by atoms with Crippen LogP contribution in [0.3, 0.4) is 0 Å². The molecule has 5 rings (SSSR count). The maximum Gasteiger partial charge on any atom is 0.417 e. The number of carboxylic acid groups (broad SMARTS) is 1. The van der Waals surface area contributed by atoms with E-state index in [1.54, 1.807) is 48.5 Å². The molecule has 3 aromatic carbocycles. The number of alkyl halides is 3. The maximum absolute atomic E-state index is 13.3. The molecule has 0 unspecified atom stereocenters. The number of halogens is 3. The van der Waals surface area contributed by atoms with E-state index < -0.39 is 44.6 Å². The van der Waals surface area contributed by atoms with Crippen molar-refractivity contribution in [2.45, 2.75) is 55.3 Å². The Bertz CT molecular complexity index is 1830. The van der Waals surface area contributed by atoms with Crippen molar-refractivity contribution in [3.63, 3.8) is 0 Å². The fourth-order valence-electron chi connectivity index (χ4n) is 5.15. The van der Waals surface area contributed by atoms with Gasteiger partial charge >= 0.3 is 12.1 Å². The minimum absolute atomic E-state index is 0.00962. The van der Waals surface area contributed by atoms with Crippen molar-refractivity contribution >= 4 is 27.6 Å². The molecule has 3 N–H and O–H groups in total. The monoisotopic (exact) mass is 669 g/mol. The van der Waals surface area contributed by atoms with Crippen molar-refractivity contribution in [2.75, 3.05) is 5.32 Å². The molecule has 0 atom stereocenters. The van der Waals surface area contributed by atoms with Crippen molar-refractivity contribution in [1.29, 1.82) is 0 Å². The molecule has 1 fully saturated rings. The van der Waals surface area contributed by atoms with E-state index in [4.69, 9.17) is 9.47 Å². The number of hydrogen-bond donors (Lipinski definition) is 3. The van der Waals surface area contributed by atoms with E-state index in [1.165, 1.54) is 24.4 Å². The number of carboxylic acids is 1. The van der Waals surface area contributed by atoms with Crippen LogP contribution < -0.4 is 19.5 Å². The number of aromatic carboxylic acids is 1. The average Bonchev–Trinajstić information content (AvgIpc) is 3.03. The average molecular weight is 670 g/mol. The second kappa shape index (κ2) is 14.2. The Hall–Kier alpha value is -4.95. The third kappa shape index (κ3) is 8.86. The summed E-state index contributed by atoms with van der Waals surface area (Å²) in [4.78, 5) is 27.2. The maximum atomic E-state index is 13.3. The fourth-order valence-corrected chi connectivity index (χ4v) is 6.68. The summed E-state index contributed by atoms with van der Waals surface area (Å²) in [5.41, 5.74) is -0.410. The number of amides is 1. The first-order chi connectivity index (χ1) is 22.4. The Labute approximate surface area is 268 Å². The summed E-state index contributed by atoms with van der Waals surface area (Å²) in [7, 11) is -4.37. The number of sulfonamides is 1. The van der Waals surface area contributed by atoms with Crippen LogP contribution >= 0.6 is 0 Å². The first-order valence-corrected chi connectivity index (χ1v) is 16.1. The summed E-state index contributed by atoms with van der Waals surface area (Å²) in [6, 6.07) is 19.8. The van der Waals surface area contributed by atoms with E-state index >= 15 is 0 Å². The number of nitrogens with one attached hydrogen (secondary N) is 2. The van der Waals surface area contributed by atoms with Gasteiger partial charge in [-0.25, -0.2) is 22.9 Å². The molecule has 1 aliphatic carbocycles. The van der Waals surface area contributed by atoms with Crippen molar-refractivity contribution in [3.8, 4) is 17.4 Å². The summed E-state index contributed by atoms with van der Waals surface area (Å²) in [5.74, 6) is -0.199. The number of rotatable bonds is 11. The summed E-state index contributed by atoms with van der Waals surface area (Å²) >= 11 is 0. The number of aromatic nitrogens is 1. The van der Waals surface area contributed by atoms with Gasteiger partial charge in [-0.05, 0) is 79.8 Å². The fraction of sp³-hybridized carbons (Fsp3) is 0.242. The van der Waals surface area contributed by atoms with E-state index in [2.05, 4.69) is 15.0 Å². The van der Waals surface area contributed by atoms with Crippen LogP contribution in [-0.4, -0.2) is 42.5 Å². The minimum Gasteiger partial charge on any atom is -0.490 e. The second-order valence-electron chi connectivity index (χ2n) is 10.9. The van der Waals surface area contributed by atoms with Crippen LogP contribution in [0.1, 0.15) is 47.2 Å². The lowest BCUT2D eigenvalue weighted by atomic mass is 9.94. The number of benzene rings is 3. The SMILES string of the molecule is O=C(Cc1ccc(Oc2ccc(OC3CCC(NS(=O)(=O)c4ccccc4C(F)(F)F)CC3)cc2)nc1)Nc1ccccc1C(=O)O. The van der Waals surface area contributed by atoms with Crippen LogP contribution in [-0.2, 0) is 27.4 Å². The Balaban J connectivity index is 1.08. The predicted octanol–water partition coefficient (Wildman–Crippen LogP) is 6.44. The van der Waals surface area contributed by atoms with Gasteiger partial charge in [0.2, 0.25) is 21.8 Å². The van der Waals surface area contributed by atoms with Crippen LogP contribution in [0.5, 0.6) is 17.4 Å². The van der Waals surface area contributed by atoms with Crippen LogP contribution in [0.15, 0.2) is 96.0 Å². The number of hydrogen-bond acceptors (Lipinski definition) is 7. The van der Waals surface area contributed by atoms with Crippen LogP contribution in [0.4, 0.5) is 18.9 Å². The number of nitrogens with zero attached hydrogens (tertiary/aromatic N) is 1. The lowest BCUT2D eigenvalue weighted by molar-refractivity contribution is -0.139. The highest BCUT2D eigenvalue weighted by molar-refractivity contribution is 7.89. The first-order valence-electron chi connectivity index (χ1n) is 14.6. The molecule has 1 heterocycles. The first kappa shape index (κ1) is 33.4. The predicted molar refractivity (Wildman–Crippen MR) is 165 cm³/mol. The lowest BCUT2D eigenvalue weighted by Gasteiger charge is -2.29. The van der Waals surface area contributed by atoms with Crippen LogP contribution in [0.25, 0.3) is 0 Å². The Morgan fingerprint density at radius 2 is 1.53 bits per heavy atom. The zero-order valence-electron chi connectivity index (χ0n) is 24.7. The van der Waals surface area contributed by atoms with Gasteiger partial charge in [0.1, 0.15) is 11.5 Å². The van der Waals surface area contributed by atoms with E-state index in [0.717, 1.165) is 18.2 Å². The van der Waals surface area contributed by atoms with Crippen molar-refractivity contribution < 1.29 is 45.8 Å². The summed E-state index contributed by atoms with van der Waals surface area (Å²) in [5, 5.41) is 11.9. The van der Waals surface area contributed by atoms with Crippen molar-refractivity contribution in [3.05, 3.63) is 108 Å². The van der Waals surface area contributed by atoms with Crippen molar-refractivity contribution in [1.82, 2.24) is 9.71 Å². The second-order valence-corrected chi connectivity index (χ2v) is 12.5. The molecule has 0 saturated heterocycles. The standard InChI is InChI=1S/C33H30F3N3O7S/c34-33(35,36)27-6-2-4-8-29(27)47(43,44)39-22-10-12-23(13-11-22)45-24-14-16-25(17-15-24)46-31-18-9-21(20-37-31)19-30(40)38-28-7-3-1-5-26(28)32(41)42/h1-9,14-18,20,22-23,39H,10-13,19H2,(H,38,40)(H,41,42). The normalized spacial score (nSPS) is 16.7. The highest BCUT2D eigenvalue weighted by Gasteiger charge is 2.38. The van der Waals surface area contributed by atoms with Gasteiger partial charge in [-0.3, -0.25) is 4.79 Å². The van der Waals surface area contributed by atoms with E-state index in [0.29, 0.717) is 42.7 Å². The van der Waals surface area contributed by atoms with Gasteiger partial charge in [0.25, 0.3) is 0 Å². The molecule has 0 bridgehead atoms. The van der Waals surface area contributed by atoms with E-state index in [-0.39, 0.29) is 29.7 Å². The largest absolute Gasteiger partial charge is 0.490 e. The highest BCUT2D eigenvalue weighted by Crippen LogP contribution is 2.34. The topological polar surface area (TPSA) is 144 Å². The van der Waals surface area contributed by atoms with Gasteiger partial charge in [-0.15, -0.1) is 0 Å². The summed E-state index contributed by atoms with van der Waals surface area (Å²) in [6.07, 6.45) is -1.71. The zero-order chi connectivity index (χ0) is 33.6. The molecule has 0 spiro atoms. The smallest absolute Gasteiger partial charge is 0.417 e. The highest BCUT2D eigenvalue weighted by atomic mass is 32.2. The summed E-state index contributed by atoms with van der Waals surface area (Å²) in [6.45, 7) is 0. The molecular weight excluding hydrogens is 639 g/mol.